The second-order valence-electron chi connectivity index (χ2n) is 5.21. The minimum absolute atomic E-state index is 0.0409. The van der Waals surface area contributed by atoms with Crippen LogP contribution in [-0.2, 0) is 13.0 Å². The summed E-state index contributed by atoms with van der Waals surface area (Å²) in [4.78, 5) is 7.58. The summed E-state index contributed by atoms with van der Waals surface area (Å²) in [7, 11) is 0. The van der Waals surface area contributed by atoms with Crippen molar-refractivity contribution in [2.45, 2.75) is 45.7 Å². The van der Waals surface area contributed by atoms with Gasteiger partial charge >= 0.3 is 0 Å². The molecule has 0 saturated heterocycles. The number of rotatable bonds is 7. The molecule has 21 heavy (non-hydrogen) atoms. The average molecular weight is 310 g/mol. The summed E-state index contributed by atoms with van der Waals surface area (Å²) >= 11 is 6.14. The van der Waals surface area contributed by atoms with E-state index in [-0.39, 0.29) is 11.9 Å². The summed E-state index contributed by atoms with van der Waals surface area (Å²) in [5.41, 5.74) is 1.79. The molecule has 1 heterocycles. The van der Waals surface area contributed by atoms with Crippen molar-refractivity contribution in [2.75, 3.05) is 0 Å². The zero-order valence-corrected chi connectivity index (χ0v) is 13.2. The molecular formula is C16H21ClFN3. The van der Waals surface area contributed by atoms with Crippen molar-refractivity contribution in [1.82, 2.24) is 15.3 Å². The van der Waals surface area contributed by atoms with Crippen molar-refractivity contribution >= 4 is 11.6 Å². The van der Waals surface area contributed by atoms with Gasteiger partial charge in [0.2, 0.25) is 0 Å². The van der Waals surface area contributed by atoms with Crippen LogP contribution in [0.4, 0.5) is 4.39 Å². The van der Waals surface area contributed by atoms with E-state index >= 15 is 0 Å². The van der Waals surface area contributed by atoms with Crippen LogP contribution in [0.25, 0.3) is 0 Å². The minimum Gasteiger partial charge on any atom is -0.344 e. The van der Waals surface area contributed by atoms with Gasteiger partial charge in [0.15, 0.2) is 5.15 Å². The third-order valence-electron chi connectivity index (χ3n) is 3.48. The highest BCUT2D eigenvalue weighted by molar-refractivity contribution is 6.30. The Kier molecular flexibility index (Phi) is 5.76. The molecule has 0 fully saturated rings. The molecule has 1 aromatic carbocycles. The number of nitrogens with one attached hydrogen (secondary N) is 2. The number of hydrogen-bond donors (Lipinski definition) is 2. The number of unbranched alkanes of at least 4 members (excludes halogenated alkanes) is 1. The number of aromatic amines is 1. The Morgan fingerprint density at radius 1 is 1.43 bits per heavy atom. The van der Waals surface area contributed by atoms with Crippen LogP contribution in [0.1, 0.15) is 49.8 Å². The molecule has 2 rings (SSSR count). The first-order valence-corrected chi connectivity index (χ1v) is 7.70. The van der Waals surface area contributed by atoms with Gasteiger partial charge in [-0.1, -0.05) is 37.1 Å². The molecule has 3 nitrogen and oxygen atoms in total. The largest absolute Gasteiger partial charge is 0.344 e. The molecule has 2 N–H and O–H groups in total. The smallest absolute Gasteiger partial charge is 0.151 e. The molecule has 0 saturated carbocycles. The SMILES string of the molecule is CCCCc1nc(Cl)c(CN[C@@H](C)c2cccc(F)c2)[nH]1. The summed E-state index contributed by atoms with van der Waals surface area (Å²) < 4.78 is 13.2. The maximum atomic E-state index is 13.2. The first-order valence-electron chi connectivity index (χ1n) is 7.32. The standard InChI is InChI=1S/C16H21ClFN3/c1-3-4-8-15-20-14(16(17)21-15)10-19-11(2)12-6-5-7-13(18)9-12/h5-7,9,11,19H,3-4,8,10H2,1-2H3,(H,20,21)/t11-/m0/s1. The highest BCUT2D eigenvalue weighted by atomic mass is 35.5. The lowest BCUT2D eigenvalue weighted by Crippen LogP contribution is -2.18. The molecule has 1 atom stereocenters. The van der Waals surface area contributed by atoms with E-state index < -0.39 is 0 Å². The Morgan fingerprint density at radius 2 is 2.24 bits per heavy atom. The summed E-state index contributed by atoms with van der Waals surface area (Å²) in [5.74, 6) is 0.708. The van der Waals surface area contributed by atoms with Crippen LogP contribution in [0.3, 0.4) is 0 Å². The number of imidazole rings is 1. The molecule has 0 unspecified atom stereocenters. The van der Waals surface area contributed by atoms with Crippen LogP contribution in [-0.4, -0.2) is 9.97 Å². The van der Waals surface area contributed by atoms with Crippen molar-refractivity contribution in [1.29, 1.82) is 0 Å². The van der Waals surface area contributed by atoms with Crippen LogP contribution in [0.2, 0.25) is 5.15 Å². The molecular weight excluding hydrogens is 289 g/mol. The Balaban J connectivity index is 1.94. The van der Waals surface area contributed by atoms with Gasteiger partial charge in [0.1, 0.15) is 11.6 Å². The maximum absolute atomic E-state index is 13.2. The molecule has 0 amide bonds. The molecule has 0 spiro atoms. The van der Waals surface area contributed by atoms with Crippen molar-refractivity contribution < 1.29 is 4.39 Å². The molecule has 114 valence electrons. The molecule has 5 heteroatoms. The predicted molar refractivity (Wildman–Crippen MR) is 83.9 cm³/mol. The lowest BCUT2D eigenvalue weighted by Gasteiger charge is -2.13. The van der Waals surface area contributed by atoms with Crippen molar-refractivity contribution in [2.24, 2.45) is 0 Å². The average Bonchev–Trinajstić information content (AvgIpc) is 2.83. The number of aromatic nitrogens is 2. The highest BCUT2D eigenvalue weighted by Gasteiger charge is 2.10. The predicted octanol–water partition coefficient (Wildman–Crippen LogP) is 4.40. The third-order valence-corrected chi connectivity index (χ3v) is 3.79. The highest BCUT2D eigenvalue weighted by Crippen LogP contribution is 2.17. The van der Waals surface area contributed by atoms with Crippen molar-refractivity contribution in [3.05, 3.63) is 52.3 Å². The quantitative estimate of drug-likeness (QED) is 0.796. The van der Waals surface area contributed by atoms with E-state index in [1.807, 2.05) is 13.0 Å². The van der Waals surface area contributed by atoms with Crippen molar-refractivity contribution in [3.8, 4) is 0 Å². The van der Waals surface area contributed by atoms with E-state index in [2.05, 4.69) is 22.2 Å². The first kappa shape index (κ1) is 16.0. The topological polar surface area (TPSA) is 40.7 Å². The van der Waals surface area contributed by atoms with Gasteiger partial charge in [0, 0.05) is 19.0 Å². The number of aryl methyl sites for hydroxylation is 1. The van der Waals surface area contributed by atoms with E-state index in [4.69, 9.17) is 11.6 Å². The van der Waals surface area contributed by atoms with Crippen LogP contribution in [0.15, 0.2) is 24.3 Å². The summed E-state index contributed by atoms with van der Waals surface area (Å²) in [5, 5.41) is 3.84. The number of hydrogen-bond acceptors (Lipinski definition) is 2. The van der Waals surface area contributed by atoms with Gasteiger partial charge in [0.05, 0.1) is 5.69 Å². The zero-order chi connectivity index (χ0) is 15.2. The molecule has 2 aromatic rings. The van der Waals surface area contributed by atoms with Gasteiger partial charge in [0.25, 0.3) is 0 Å². The fourth-order valence-corrected chi connectivity index (χ4v) is 2.38. The van der Waals surface area contributed by atoms with E-state index in [0.29, 0.717) is 11.7 Å². The molecule has 0 radical (unpaired) electrons. The normalized spacial score (nSPS) is 12.6. The molecule has 0 bridgehead atoms. The van der Waals surface area contributed by atoms with Gasteiger partial charge in [-0.25, -0.2) is 9.37 Å². The maximum Gasteiger partial charge on any atom is 0.151 e. The van der Waals surface area contributed by atoms with Crippen LogP contribution in [0.5, 0.6) is 0 Å². The lowest BCUT2D eigenvalue weighted by atomic mass is 10.1. The van der Waals surface area contributed by atoms with Crippen LogP contribution < -0.4 is 5.32 Å². The van der Waals surface area contributed by atoms with Gasteiger partial charge in [-0.15, -0.1) is 0 Å². The van der Waals surface area contributed by atoms with E-state index in [0.717, 1.165) is 36.3 Å². The monoisotopic (exact) mass is 309 g/mol. The second-order valence-corrected chi connectivity index (χ2v) is 5.57. The lowest BCUT2D eigenvalue weighted by molar-refractivity contribution is 0.560. The van der Waals surface area contributed by atoms with Gasteiger partial charge in [-0.05, 0) is 31.0 Å². The Bertz CT molecular complexity index is 583. The van der Waals surface area contributed by atoms with Gasteiger partial charge in [-0.3, -0.25) is 0 Å². The Labute approximate surface area is 129 Å². The van der Waals surface area contributed by atoms with Crippen LogP contribution in [0, 0.1) is 5.82 Å². The third kappa shape index (κ3) is 4.55. The first-order chi connectivity index (χ1) is 10.1. The Morgan fingerprint density at radius 3 is 2.95 bits per heavy atom. The summed E-state index contributed by atoms with van der Waals surface area (Å²) in [6.07, 6.45) is 3.13. The second kappa shape index (κ2) is 7.57. The number of nitrogens with zero attached hydrogens (tertiary/aromatic N) is 1. The molecule has 0 aliphatic heterocycles. The number of benzene rings is 1. The Hall–Kier alpha value is -1.39. The van der Waals surface area contributed by atoms with Crippen molar-refractivity contribution in [3.63, 3.8) is 0 Å². The van der Waals surface area contributed by atoms with Gasteiger partial charge < -0.3 is 10.3 Å². The molecule has 1 aromatic heterocycles. The van der Waals surface area contributed by atoms with E-state index in [9.17, 15) is 4.39 Å². The zero-order valence-electron chi connectivity index (χ0n) is 12.4. The fourth-order valence-electron chi connectivity index (χ4n) is 2.17. The molecule has 0 aliphatic rings. The molecule has 0 aliphatic carbocycles. The van der Waals surface area contributed by atoms with Crippen LogP contribution >= 0.6 is 11.6 Å². The number of H-pyrrole nitrogens is 1. The summed E-state index contributed by atoms with van der Waals surface area (Å²) in [6.45, 7) is 4.72. The van der Waals surface area contributed by atoms with E-state index in [1.165, 1.54) is 6.07 Å². The summed E-state index contributed by atoms with van der Waals surface area (Å²) in [6, 6.07) is 6.65. The fraction of sp³-hybridized carbons (Fsp3) is 0.438. The minimum atomic E-state index is -0.220. The number of halogens is 2. The van der Waals surface area contributed by atoms with Gasteiger partial charge in [-0.2, -0.15) is 0 Å². The van der Waals surface area contributed by atoms with E-state index in [1.54, 1.807) is 12.1 Å².